The Hall–Kier alpha value is -1.21. The zero-order valence-electron chi connectivity index (χ0n) is 9.77. The quantitative estimate of drug-likeness (QED) is 0.902. The molecule has 0 amide bonds. The van der Waals surface area contributed by atoms with E-state index in [9.17, 15) is 4.79 Å². The summed E-state index contributed by atoms with van der Waals surface area (Å²) in [6, 6.07) is 0. The molecule has 0 atom stereocenters. The molecular formula is C10H14N4OS2. The van der Waals surface area contributed by atoms with Crippen molar-refractivity contribution in [2.45, 2.75) is 26.8 Å². The van der Waals surface area contributed by atoms with Crippen molar-refractivity contribution in [1.82, 2.24) is 14.2 Å². The second-order valence-electron chi connectivity index (χ2n) is 3.70. The number of hydrogen-bond donors (Lipinski definition) is 1. The Bertz CT molecular complexity index is 542. The Balaban J connectivity index is 2.19. The van der Waals surface area contributed by atoms with E-state index in [2.05, 4.69) is 21.8 Å². The van der Waals surface area contributed by atoms with E-state index in [1.54, 1.807) is 4.57 Å². The van der Waals surface area contributed by atoms with Gasteiger partial charge in [0.05, 0.1) is 6.54 Å². The molecular weight excluding hydrogens is 256 g/mol. The number of nitrogens with zero attached hydrogens (tertiary/aromatic N) is 3. The van der Waals surface area contributed by atoms with Crippen LogP contribution in [0, 0.1) is 6.92 Å². The van der Waals surface area contributed by atoms with Crippen LogP contribution in [-0.4, -0.2) is 20.7 Å². The summed E-state index contributed by atoms with van der Waals surface area (Å²) in [4.78, 5) is 11.7. The lowest BCUT2D eigenvalue weighted by Gasteiger charge is -2.05. The van der Waals surface area contributed by atoms with Gasteiger partial charge in [-0.15, -0.1) is 5.10 Å². The standard InChI is InChI=1S/C10H14N4OS2/c1-3-4-11-9-8(12-13-17-9)5-14-7(2)6-16-10(14)15/h6,11H,3-5H2,1-2H3. The molecule has 0 saturated carbocycles. The average molecular weight is 270 g/mol. The first-order chi connectivity index (χ1) is 8.22. The van der Waals surface area contributed by atoms with E-state index in [0.29, 0.717) is 6.54 Å². The summed E-state index contributed by atoms with van der Waals surface area (Å²) in [7, 11) is 0. The third-order valence-electron chi connectivity index (χ3n) is 2.38. The molecule has 0 radical (unpaired) electrons. The van der Waals surface area contributed by atoms with Crippen LogP contribution in [-0.2, 0) is 6.54 Å². The van der Waals surface area contributed by atoms with Crippen molar-refractivity contribution in [2.75, 3.05) is 11.9 Å². The molecule has 2 heterocycles. The predicted octanol–water partition coefficient (Wildman–Crippen LogP) is 1.94. The molecule has 2 aromatic rings. The molecule has 0 unspecified atom stereocenters. The molecule has 7 heteroatoms. The van der Waals surface area contributed by atoms with Crippen molar-refractivity contribution in [1.29, 1.82) is 0 Å². The lowest BCUT2D eigenvalue weighted by molar-refractivity contribution is 0.732. The third-order valence-corrected chi connectivity index (χ3v) is 3.98. The predicted molar refractivity (Wildman–Crippen MR) is 71.1 cm³/mol. The number of aromatic nitrogens is 3. The van der Waals surface area contributed by atoms with Crippen molar-refractivity contribution in [3.8, 4) is 0 Å². The minimum Gasteiger partial charge on any atom is -0.374 e. The van der Waals surface area contributed by atoms with E-state index in [1.807, 2.05) is 12.3 Å². The number of thiazole rings is 1. The van der Waals surface area contributed by atoms with E-state index >= 15 is 0 Å². The van der Waals surface area contributed by atoms with E-state index in [4.69, 9.17) is 0 Å². The van der Waals surface area contributed by atoms with Gasteiger partial charge in [0.15, 0.2) is 0 Å². The van der Waals surface area contributed by atoms with Crippen LogP contribution < -0.4 is 10.2 Å². The first-order valence-corrected chi connectivity index (χ1v) is 7.07. The molecule has 0 aliphatic heterocycles. The zero-order chi connectivity index (χ0) is 12.3. The normalized spacial score (nSPS) is 10.7. The van der Waals surface area contributed by atoms with Crippen LogP contribution in [0.15, 0.2) is 10.2 Å². The Labute approximate surface area is 107 Å². The number of anilines is 1. The summed E-state index contributed by atoms with van der Waals surface area (Å²) in [5.74, 6) is 0. The van der Waals surface area contributed by atoms with Gasteiger partial charge in [0.25, 0.3) is 0 Å². The molecule has 0 saturated heterocycles. The average Bonchev–Trinajstić information content (AvgIpc) is 2.88. The Morgan fingerprint density at radius 3 is 3.00 bits per heavy atom. The van der Waals surface area contributed by atoms with Crippen LogP contribution >= 0.6 is 22.9 Å². The van der Waals surface area contributed by atoms with Gasteiger partial charge in [0, 0.05) is 29.2 Å². The van der Waals surface area contributed by atoms with Gasteiger partial charge in [-0.2, -0.15) is 0 Å². The highest BCUT2D eigenvalue weighted by molar-refractivity contribution is 7.10. The lowest BCUT2D eigenvalue weighted by Crippen LogP contribution is -2.16. The SMILES string of the molecule is CCCNc1snnc1Cn1c(C)csc1=O. The monoisotopic (exact) mass is 270 g/mol. The molecule has 0 aliphatic rings. The Morgan fingerprint density at radius 1 is 1.53 bits per heavy atom. The molecule has 92 valence electrons. The minimum atomic E-state index is 0.0527. The van der Waals surface area contributed by atoms with Gasteiger partial charge in [0.2, 0.25) is 0 Å². The summed E-state index contributed by atoms with van der Waals surface area (Å²) in [6.45, 7) is 5.43. The minimum absolute atomic E-state index is 0.0527. The van der Waals surface area contributed by atoms with Crippen molar-refractivity contribution < 1.29 is 0 Å². The number of hydrogen-bond acceptors (Lipinski definition) is 6. The molecule has 0 bridgehead atoms. The highest BCUT2D eigenvalue weighted by Crippen LogP contribution is 2.18. The third kappa shape index (κ3) is 2.73. The largest absolute Gasteiger partial charge is 0.374 e. The van der Waals surface area contributed by atoms with Crippen molar-refractivity contribution in [2.24, 2.45) is 0 Å². The van der Waals surface area contributed by atoms with E-state index < -0.39 is 0 Å². The van der Waals surface area contributed by atoms with Gasteiger partial charge in [-0.05, 0) is 13.3 Å². The maximum Gasteiger partial charge on any atom is 0.307 e. The summed E-state index contributed by atoms with van der Waals surface area (Å²) in [6.07, 6.45) is 1.05. The summed E-state index contributed by atoms with van der Waals surface area (Å²) in [5.41, 5.74) is 1.81. The smallest absolute Gasteiger partial charge is 0.307 e. The van der Waals surface area contributed by atoms with Crippen molar-refractivity contribution in [3.05, 3.63) is 26.4 Å². The second kappa shape index (κ2) is 5.42. The van der Waals surface area contributed by atoms with Gasteiger partial charge in [-0.3, -0.25) is 9.36 Å². The zero-order valence-corrected chi connectivity index (χ0v) is 11.4. The second-order valence-corrected chi connectivity index (χ2v) is 5.28. The molecule has 0 spiro atoms. The van der Waals surface area contributed by atoms with E-state index in [0.717, 1.165) is 29.4 Å². The first kappa shape index (κ1) is 12.3. The van der Waals surface area contributed by atoms with E-state index in [-0.39, 0.29) is 4.87 Å². The van der Waals surface area contributed by atoms with Gasteiger partial charge < -0.3 is 5.32 Å². The van der Waals surface area contributed by atoms with Gasteiger partial charge in [-0.25, -0.2) is 0 Å². The highest BCUT2D eigenvalue weighted by Gasteiger charge is 2.11. The highest BCUT2D eigenvalue weighted by atomic mass is 32.1. The Kier molecular flexibility index (Phi) is 3.90. The fourth-order valence-electron chi connectivity index (χ4n) is 1.43. The van der Waals surface area contributed by atoms with Crippen LogP contribution in [0.1, 0.15) is 24.7 Å². The molecule has 0 aliphatic carbocycles. The molecule has 2 rings (SSSR count). The molecule has 0 fully saturated rings. The van der Waals surface area contributed by atoms with Gasteiger partial charge in [-0.1, -0.05) is 22.7 Å². The number of aryl methyl sites for hydroxylation is 1. The summed E-state index contributed by atoms with van der Waals surface area (Å²) >= 11 is 2.56. The topological polar surface area (TPSA) is 59.8 Å². The van der Waals surface area contributed by atoms with Crippen LogP contribution in [0.4, 0.5) is 5.00 Å². The molecule has 5 nitrogen and oxygen atoms in total. The Morgan fingerprint density at radius 2 is 2.35 bits per heavy atom. The molecule has 2 aromatic heterocycles. The maximum absolute atomic E-state index is 11.6. The fraction of sp³-hybridized carbons (Fsp3) is 0.500. The van der Waals surface area contributed by atoms with Gasteiger partial charge in [0.1, 0.15) is 10.7 Å². The maximum atomic E-state index is 11.6. The van der Waals surface area contributed by atoms with Crippen LogP contribution in [0.5, 0.6) is 0 Å². The lowest BCUT2D eigenvalue weighted by atomic mass is 10.4. The summed E-state index contributed by atoms with van der Waals surface area (Å²) < 4.78 is 5.65. The van der Waals surface area contributed by atoms with Crippen molar-refractivity contribution >= 4 is 27.9 Å². The van der Waals surface area contributed by atoms with Crippen LogP contribution in [0.2, 0.25) is 0 Å². The van der Waals surface area contributed by atoms with Crippen LogP contribution in [0.3, 0.4) is 0 Å². The van der Waals surface area contributed by atoms with Crippen LogP contribution in [0.25, 0.3) is 0 Å². The molecule has 1 N–H and O–H groups in total. The first-order valence-electron chi connectivity index (χ1n) is 5.42. The van der Waals surface area contributed by atoms with Crippen molar-refractivity contribution in [3.63, 3.8) is 0 Å². The summed E-state index contributed by atoms with van der Waals surface area (Å²) in [5, 5.41) is 10.2. The molecule has 17 heavy (non-hydrogen) atoms. The molecule has 0 aromatic carbocycles. The van der Waals surface area contributed by atoms with Gasteiger partial charge >= 0.3 is 4.87 Å². The number of rotatable bonds is 5. The fourth-order valence-corrected chi connectivity index (χ4v) is 2.76. The van der Waals surface area contributed by atoms with E-state index in [1.165, 1.54) is 22.9 Å². The number of nitrogens with one attached hydrogen (secondary N) is 1.